The maximum atomic E-state index is 5.36. The molecule has 3 aromatic heterocycles. The lowest BCUT2D eigenvalue weighted by molar-refractivity contribution is 0.916. The van der Waals surface area contributed by atoms with E-state index in [1.54, 1.807) is 0 Å². The summed E-state index contributed by atoms with van der Waals surface area (Å²) in [6, 6.07) is 55.3. The van der Waals surface area contributed by atoms with E-state index in [4.69, 9.17) is 10.1 Å². The van der Waals surface area contributed by atoms with Crippen LogP contribution in [-0.4, -0.2) is 19.7 Å². The molecule has 0 saturated heterocycles. The van der Waals surface area contributed by atoms with Crippen LogP contribution in [0.15, 0.2) is 164 Å². The van der Waals surface area contributed by atoms with E-state index in [9.17, 15) is 0 Å². The van der Waals surface area contributed by atoms with Crippen molar-refractivity contribution in [2.24, 2.45) is 0 Å². The topological polar surface area (TPSA) is 46.5 Å². The smallest absolute Gasteiger partial charge is 0.103 e. The Bertz CT molecular complexity index is 2520. The van der Waals surface area contributed by atoms with Gasteiger partial charge >= 0.3 is 0 Å². The molecule has 0 saturated carbocycles. The fourth-order valence-corrected chi connectivity index (χ4v) is 6.61. The molecule has 0 bridgehead atoms. The molecule has 0 amide bonds. The lowest BCUT2D eigenvalue weighted by atomic mass is 9.98. The summed E-state index contributed by atoms with van der Waals surface area (Å²) in [4.78, 5) is 8.52. The second kappa shape index (κ2) is 10.7. The van der Waals surface area contributed by atoms with Crippen LogP contribution in [0.3, 0.4) is 0 Å². The van der Waals surface area contributed by atoms with Crippen molar-refractivity contribution in [3.63, 3.8) is 0 Å². The quantitative estimate of drug-likeness (QED) is 0.217. The number of rotatable bonds is 5. The number of pyridine rings is 1. The first-order valence-electron chi connectivity index (χ1n) is 15.5. The van der Waals surface area contributed by atoms with Gasteiger partial charge < -0.3 is 4.98 Å². The summed E-state index contributed by atoms with van der Waals surface area (Å²) in [6.45, 7) is 0. The molecule has 4 heteroatoms. The van der Waals surface area contributed by atoms with E-state index in [-0.39, 0.29) is 0 Å². The van der Waals surface area contributed by atoms with Gasteiger partial charge in [-0.2, -0.15) is 5.10 Å². The normalized spacial score (nSPS) is 11.5. The number of fused-ring (bicyclic) bond motifs is 4. The van der Waals surface area contributed by atoms with Crippen LogP contribution in [-0.2, 0) is 0 Å². The van der Waals surface area contributed by atoms with Crippen LogP contribution in [0.2, 0.25) is 0 Å². The molecule has 0 aliphatic rings. The van der Waals surface area contributed by atoms with Crippen LogP contribution in [0.1, 0.15) is 0 Å². The minimum absolute atomic E-state index is 0.917. The number of nitrogens with zero attached hydrogens (tertiary/aromatic N) is 3. The molecule has 0 spiro atoms. The third-order valence-electron chi connectivity index (χ3n) is 8.82. The molecule has 1 N–H and O–H groups in total. The Morgan fingerprint density at radius 3 is 1.98 bits per heavy atom. The van der Waals surface area contributed by atoms with Gasteiger partial charge in [0.15, 0.2) is 0 Å². The van der Waals surface area contributed by atoms with Gasteiger partial charge in [-0.1, -0.05) is 115 Å². The molecule has 46 heavy (non-hydrogen) atoms. The number of para-hydroxylation sites is 3. The summed E-state index contributed by atoms with van der Waals surface area (Å²) >= 11 is 0. The molecule has 9 rings (SSSR count). The molecule has 6 aromatic carbocycles. The Balaban J connectivity index is 1.27. The second-order valence-electron chi connectivity index (χ2n) is 11.6. The highest BCUT2D eigenvalue weighted by Crippen LogP contribution is 2.38. The van der Waals surface area contributed by atoms with Crippen molar-refractivity contribution in [1.82, 2.24) is 19.7 Å². The predicted molar refractivity (Wildman–Crippen MR) is 190 cm³/mol. The van der Waals surface area contributed by atoms with Gasteiger partial charge in [0.05, 0.1) is 22.4 Å². The molecule has 3 heterocycles. The molecule has 9 aromatic rings. The van der Waals surface area contributed by atoms with Crippen molar-refractivity contribution in [2.45, 2.75) is 0 Å². The third-order valence-corrected chi connectivity index (χ3v) is 8.82. The zero-order valence-corrected chi connectivity index (χ0v) is 24.9. The Morgan fingerprint density at radius 1 is 0.478 bits per heavy atom. The average Bonchev–Trinajstić information content (AvgIpc) is 3.71. The molecule has 0 radical (unpaired) electrons. The summed E-state index contributed by atoms with van der Waals surface area (Å²) in [7, 11) is 0. The fourth-order valence-electron chi connectivity index (χ4n) is 6.61. The Morgan fingerprint density at radius 2 is 1.15 bits per heavy atom. The molecule has 0 fully saturated rings. The van der Waals surface area contributed by atoms with Crippen LogP contribution < -0.4 is 0 Å². The van der Waals surface area contributed by atoms with E-state index in [1.165, 1.54) is 16.3 Å². The number of hydrogen-bond donors (Lipinski definition) is 1. The molecule has 0 aliphatic carbocycles. The molecular formula is C42H28N4. The summed E-state index contributed by atoms with van der Waals surface area (Å²) in [5.74, 6) is 0. The van der Waals surface area contributed by atoms with E-state index in [0.717, 1.165) is 66.8 Å². The van der Waals surface area contributed by atoms with Crippen molar-refractivity contribution < 1.29 is 0 Å². The first-order valence-corrected chi connectivity index (χ1v) is 15.5. The van der Waals surface area contributed by atoms with E-state index in [2.05, 4.69) is 161 Å². The number of nitrogens with one attached hydrogen (secondary N) is 1. The minimum Gasteiger partial charge on any atom is -0.354 e. The van der Waals surface area contributed by atoms with Crippen molar-refractivity contribution >= 4 is 32.7 Å². The average molecular weight is 589 g/mol. The minimum atomic E-state index is 0.917. The maximum absolute atomic E-state index is 5.36. The third kappa shape index (κ3) is 4.39. The molecule has 0 aliphatic heterocycles. The lowest BCUT2D eigenvalue weighted by Gasteiger charge is -2.12. The summed E-state index contributed by atoms with van der Waals surface area (Å²) in [5, 5.41) is 8.88. The Kier molecular flexibility index (Phi) is 6.10. The largest absolute Gasteiger partial charge is 0.354 e. The van der Waals surface area contributed by atoms with Crippen LogP contribution in [0, 0.1) is 0 Å². The monoisotopic (exact) mass is 588 g/mol. The molecular weight excluding hydrogens is 560 g/mol. The van der Waals surface area contributed by atoms with Crippen molar-refractivity contribution in [3.05, 3.63) is 164 Å². The van der Waals surface area contributed by atoms with Gasteiger partial charge in [-0.15, -0.1) is 0 Å². The highest BCUT2D eigenvalue weighted by Gasteiger charge is 2.18. The molecule has 0 atom stereocenters. The van der Waals surface area contributed by atoms with Gasteiger partial charge in [0.2, 0.25) is 0 Å². The van der Waals surface area contributed by atoms with Gasteiger partial charge in [0, 0.05) is 39.0 Å². The van der Waals surface area contributed by atoms with Crippen LogP contribution in [0.25, 0.3) is 83.2 Å². The van der Waals surface area contributed by atoms with E-state index < -0.39 is 0 Å². The van der Waals surface area contributed by atoms with Gasteiger partial charge in [-0.25, -0.2) is 4.68 Å². The summed E-state index contributed by atoms with van der Waals surface area (Å²) in [5.41, 5.74) is 12.8. The number of benzene rings is 6. The zero-order valence-electron chi connectivity index (χ0n) is 24.9. The zero-order chi connectivity index (χ0) is 30.5. The van der Waals surface area contributed by atoms with Gasteiger partial charge in [-0.05, 0) is 64.7 Å². The maximum Gasteiger partial charge on any atom is 0.103 e. The highest BCUT2D eigenvalue weighted by molar-refractivity contribution is 6.13. The molecule has 4 nitrogen and oxygen atoms in total. The lowest BCUT2D eigenvalue weighted by Crippen LogP contribution is -1.99. The SMILES string of the molecule is c1ccc(-c2cc(-c3cc(-c4ccccc4)ccn3)cc(-n3nc(-c4cccc5c4[nH]c4ccccc45)c4ccccc43)c2)cc1. The van der Waals surface area contributed by atoms with Crippen LogP contribution in [0.4, 0.5) is 0 Å². The van der Waals surface area contributed by atoms with E-state index >= 15 is 0 Å². The van der Waals surface area contributed by atoms with E-state index in [0.29, 0.717) is 0 Å². The standard InChI is InChI=1S/C42H28N4/c1-3-12-28(13-4-1)30-22-23-43-39(27-30)32-24-31(29-14-5-2-6-15-29)25-33(26-32)46-40-21-10-8-17-36(40)42(45-46)37-19-11-18-35-34-16-7-9-20-38(34)44-41(35)37/h1-27,44H. The number of hydrogen-bond acceptors (Lipinski definition) is 2. The second-order valence-corrected chi connectivity index (χ2v) is 11.6. The first kappa shape index (κ1) is 26.2. The number of H-pyrrole nitrogens is 1. The van der Waals surface area contributed by atoms with Gasteiger partial charge in [-0.3, -0.25) is 4.98 Å². The number of aromatic amines is 1. The summed E-state index contributed by atoms with van der Waals surface area (Å²) in [6.07, 6.45) is 1.90. The Hall–Kier alpha value is -6.26. The van der Waals surface area contributed by atoms with Gasteiger partial charge in [0.25, 0.3) is 0 Å². The van der Waals surface area contributed by atoms with E-state index in [1.807, 2.05) is 12.3 Å². The highest BCUT2D eigenvalue weighted by atomic mass is 15.3. The first-order chi connectivity index (χ1) is 22.8. The Labute approximate surface area is 266 Å². The summed E-state index contributed by atoms with van der Waals surface area (Å²) < 4.78 is 2.09. The van der Waals surface area contributed by atoms with Gasteiger partial charge in [0.1, 0.15) is 5.69 Å². The van der Waals surface area contributed by atoms with Crippen molar-refractivity contribution in [2.75, 3.05) is 0 Å². The van der Waals surface area contributed by atoms with Crippen molar-refractivity contribution in [3.8, 4) is 50.5 Å². The molecule has 0 unspecified atom stereocenters. The fraction of sp³-hybridized carbons (Fsp3) is 0. The molecule has 216 valence electrons. The predicted octanol–water partition coefficient (Wildman–Crippen LogP) is 10.7. The van der Waals surface area contributed by atoms with Crippen LogP contribution in [0.5, 0.6) is 0 Å². The number of aromatic nitrogens is 4. The van der Waals surface area contributed by atoms with Crippen molar-refractivity contribution in [1.29, 1.82) is 0 Å². The van der Waals surface area contributed by atoms with Crippen LogP contribution >= 0.6 is 0 Å².